The number of anilines is 1. The third kappa shape index (κ3) is 3.11. The Labute approximate surface area is 138 Å². The summed E-state index contributed by atoms with van der Waals surface area (Å²) in [6.45, 7) is 0.266. The number of aromatic nitrogens is 1. The average molecular weight is 300 g/mol. The molecule has 0 bridgehead atoms. The molecule has 2 fully saturated rings. The number of ether oxygens (including phenoxy) is 1. The van der Waals surface area contributed by atoms with Gasteiger partial charge >= 0.3 is 25.0 Å². The summed E-state index contributed by atoms with van der Waals surface area (Å²) in [7, 11) is 0. The van der Waals surface area contributed by atoms with Crippen molar-refractivity contribution in [1.82, 2.24) is 4.98 Å². The van der Waals surface area contributed by atoms with Gasteiger partial charge in [-0.15, -0.1) is 0 Å². The fourth-order valence-electron chi connectivity index (χ4n) is 2.99. The van der Waals surface area contributed by atoms with Crippen LogP contribution in [0.5, 0.6) is 0 Å². The minimum Gasteiger partial charge on any atom is -0.550 e. The first-order valence-corrected chi connectivity index (χ1v) is 6.83. The van der Waals surface area contributed by atoms with Crippen LogP contribution in [0.2, 0.25) is 0 Å². The zero-order valence-corrected chi connectivity index (χ0v) is 12.3. The fraction of sp³-hybridized carbons (Fsp3) is 0.500. The number of carboxylic acids is 1. The molecular weight excluding hydrogens is 286 g/mol. The Morgan fingerprint density at radius 2 is 2.09 bits per heavy atom. The van der Waals surface area contributed by atoms with Gasteiger partial charge in [-0.05, 0) is 43.7 Å². The van der Waals surface area contributed by atoms with Gasteiger partial charge in [0.1, 0.15) is 11.4 Å². The zero-order chi connectivity index (χ0) is 15.0. The molecule has 2 aliphatic rings. The minimum atomic E-state index is -1.06. The predicted octanol–water partition coefficient (Wildman–Crippen LogP) is -2.14. The first-order chi connectivity index (χ1) is 9.99. The topological polar surface area (TPSA) is 82.6 Å². The number of pyridine rings is 1. The Morgan fingerprint density at radius 1 is 1.41 bits per heavy atom. The van der Waals surface area contributed by atoms with Gasteiger partial charge in [0.15, 0.2) is 0 Å². The van der Waals surface area contributed by atoms with E-state index in [0.717, 1.165) is 0 Å². The van der Waals surface area contributed by atoms with Crippen LogP contribution in [-0.4, -0.2) is 29.2 Å². The van der Waals surface area contributed by atoms with Crippen LogP contribution in [0.15, 0.2) is 18.2 Å². The van der Waals surface area contributed by atoms with Crippen molar-refractivity contribution in [1.29, 1.82) is 0 Å². The molecule has 1 aliphatic heterocycles. The number of halogens is 1. The molecular formula is C14H14FLiN2O4. The monoisotopic (exact) mass is 300 g/mol. The second-order valence-corrected chi connectivity index (χ2v) is 5.55. The Kier molecular flexibility index (Phi) is 4.78. The van der Waals surface area contributed by atoms with Crippen molar-refractivity contribution in [3.05, 3.63) is 24.1 Å². The van der Waals surface area contributed by atoms with Crippen molar-refractivity contribution in [2.45, 2.75) is 31.3 Å². The van der Waals surface area contributed by atoms with Gasteiger partial charge in [-0.25, -0.2) is 9.78 Å². The van der Waals surface area contributed by atoms with Crippen LogP contribution in [0.3, 0.4) is 0 Å². The molecule has 1 aliphatic carbocycles. The number of aliphatic carboxylic acids is 1. The summed E-state index contributed by atoms with van der Waals surface area (Å²) in [5, 5.41) is 10.9. The van der Waals surface area contributed by atoms with Gasteiger partial charge in [-0.2, -0.15) is 4.39 Å². The van der Waals surface area contributed by atoms with Crippen LogP contribution < -0.4 is 28.9 Å². The molecule has 1 amide bonds. The van der Waals surface area contributed by atoms with E-state index in [-0.39, 0.29) is 31.2 Å². The molecule has 8 heteroatoms. The van der Waals surface area contributed by atoms with Gasteiger partial charge in [0.05, 0.1) is 6.54 Å². The summed E-state index contributed by atoms with van der Waals surface area (Å²) in [6, 6.07) is 4.21. The second-order valence-electron chi connectivity index (χ2n) is 5.55. The van der Waals surface area contributed by atoms with Gasteiger partial charge < -0.3 is 14.6 Å². The van der Waals surface area contributed by atoms with Crippen LogP contribution in [0.25, 0.3) is 0 Å². The van der Waals surface area contributed by atoms with Gasteiger partial charge in [0.25, 0.3) is 0 Å². The summed E-state index contributed by atoms with van der Waals surface area (Å²) >= 11 is 0. The normalized spacial score (nSPS) is 27.4. The van der Waals surface area contributed by atoms with Crippen molar-refractivity contribution in [2.24, 2.45) is 5.92 Å². The third-order valence-corrected chi connectivity index (χ3v) is 4.18. The standard InChI is InChI=1S/C14H15FN2O4.Li/c15-10-2-1-3-11(16-10)17-8-14(21-13(17)20)6-4-9(5-7-14)12(18)19;/h1-3,9H,4-8H2,(H,18,19);/q;+1/p-1. The van der Waals surface area contributed by atoms with E-state index in [0.29, 0.717) is 25.7 Å². The van der Waals surface area contributed by atoms with E-state index in [1.54, 1.807) is 0 Å². The number of rotatable bonds is 2. The zero-order valence-electron chi connectivity index (χ0n) is 12.3. The van der Waals surface area contributed by atoms with Crippen LogP contribution >= 0.6 is 0 Å². The summed E-state index contributed by atoms with van der Waals surface area (Å²) < 4.78 is 18.6. The number of amides is 1. The Hall–Kier alpha value is -1.58. The molecule has 22 heavy (non-hydrogen) atoms. The van der Waals surface area contributed by atoms with Gasteiger partial charge in [-0.1, -0.05) is 6.07 Å². The van der Waals surface area contributed by atoms with Crippen LogP contribution in [0, 0.1) is 11.9 Å². The molecule has 1 aromatic rings. The van der Waals surface area contributed by atoms with Crippen LogP contribution in [0.1, 0.15) is 25.7 Å². The quantitative estimate of drug-likeness (QED) is 0.460. The molecule has 6 nitrogen and oxygen atoms in total. The minimum absolute atomic E-state index is 0. The van der Waals surface area contributed by atoms with Crippen LogP contribution in [0.4, 0.5) is 15.0 Å². The SMILES string of the molecule is O=C([O-])C1CCC2(CC1)CN(c1cccc(F)n1)C(=O)O2.[Li+]. The maximum Gasteiger partial charge on any atom is 1.00 e. The molecule has 0 aromatic carbocycles. The number of nitrogens with zero attached hydrogens (tertiary/aromatic N) is 2. The van der Waals surface area contributed by atoms with E-state index in [4.69, 9.17) is 4.74 Å². The van der Waals surface area contributed by atoms with Crippen molar-refractivity contribution < 1.29 is 42.7 Å². The molecule has 0 radical (unpaired) electrons. The summed E-state index contributed by atoms with van der Waals surface area (Å²) in [4.78, 5) is 27.8. The van der Waals surface area contributed by atoms with Gasteiger partial charge in [0.2, 0.25) is 5.95 Å². The first kappa shape index (κ1) is 16.8. The molecule has 3 rings (SSSR count). The summed E-state index contributed by atoms with van der Waals surface area (Å²) in [6.07, 6.45) is 1.19. The molecule has 1 saturated heterocycles. The van der Waals surface area contributed by atoms with Crippen molar-refractivity contribution in [2.75, 3.05) is 11.4 Å². The van der Waals surface area contributed by atoms with Crippen LogP contribution in [-0.2, 0) is 9.53 Å². The van der Waals surface area contributed by atoms with Crippen molar-refractivity contribution >= 4 is 17.9 Å². The second kappa shape index (κ2) is 6.27. The molecule has 2 heterocycles. The summed E-state index contributed by atoms with van der Waals surface area (Å²) in [5.41, 5.74) is -0.697. The summed E-state index contributed by atoms with van der Waals surface area (Å²) in [5.74, 6) is -2.01. The number of carbonyl (C=O) groups excluding carboxylic acids is 2. The van der Waals surface area contributed by atoms with E-state index in [1.807, 2.05) is 0 Å². The number of carbonyl (C=O) groups is 2. The van der Waals surface area contributed by atoms with Gasteiger partial charge in [0, 0.05) is 5.97 Å². The first-order valence-electron chi connectivity index (χ1n) is 6.83. The number of hydrogen-bond acceptors (Lipinski definition) is 5. The fourth-order valence-corrected chi connectivity index (χ4v) is 2.99. The molecule has 1 spiro atoms. The number of carboxylic acid groups (broad SMARTS) is 1. The van der Waals surface area contributed by atoms with E-state index >= 15 is 0 Å². The van der Waals surface area contributed by atoms with E-state index in [1.165, 1.54) is 23.1 Å². The Morgan fingerprint density at radius 3 is 2.68 bits per heavy atom. The van der Waals surface area contributed by atoms with Crippen molar-refractivity contribution in [3.8, 4) is 0 Å². The Balaban J connectivity index is 0.00000176. The maximum absolute atomic E-state index is 13.2. The van der Waals surface area contributed by atoms with Crippen molar-refractivity contribution in [3.63, 3.8) is 0 Å². The molecule has 112 valence electrons. The number of hydrogen-bond donors (Lipinski definition) is 0. The molecule has 1 saturated carbocycles. The predicted molar refractivity (Wildman–Crippen MR) is 67.7 cm³/mol. The van der Waals surface area contributed by atoms with E-state index < -0.39 is 29.5 Å². The van der Waals surface area contributed by atoms with Gasteiger partial charge in [-0.3, -0.25) is 4.90 Å². The molecule has 0 atom stereocenters. The molecule has 1 aromatic heterocycles. The van der Waals surface area contributed by atoms with E-state index in [2.05, 4.69) is 4.98 Å². The largest absolute Gasteiger partial charge is 1.00 e. The smallest absolute Gasteiger partial charge is 0.550 e. The van der Waals surface area contributed by atoms with E-state index in [9.17, 15) is 19.1 Å². The average Bonchev–Trinajstić information content (AvgIpc) is 2.76. The maximum atomic E-state index is 13.2. The third-order valence-electron chi connectivity index (χ3n) is 4.18. The molecule has 0 N–H and O–H groups in total. The Bertz CT molecular complexity index is 590. The molecule has 0 unspecified atom stereocenters.